The van der Waals surface area contributed by atoms with E-state index in [1.807, 2.05) is 6.08 Å². The van der Waals surface area contributed by atoms with Crippen LogP contribution in [0, 0.1) is 0 Å². The Morgan fingerprint density at radius 1 is 1.25 bits per heavy atom. The summed E-state index contributed by atoms with van der Waals surface area (Å²) in [5.41, 5.74) is 2.09. The van der Waals surface area contributed by atoms with Gasteiger partial charge in [-0.1, -0.05) is 61.5 Å². The summed E-state index contributed by atoms with van der Waals surface area (Å²) in [6, 6.07) is 8.78. The fourth-order valence-electron chi connectivity index (χ4n) is 1.26. The van der Waals surface area contributed by atoms with Crippen molar-refractivity contribution in [3.05, 3.63) is 36.4 Å². The molecule has 1 rings (SSSR count). The Bertz CT molecular complexity index is 246. The normalized spacial score (nSPS) is 11.2. The average molecular weight is 176 g/mol. The molecule has 1 heteroatoms. The molecule has 0 nitrogen and oxygen atoms in total. The van der Waals surface area contributed by atoms with Crippen LogP contribution < -0.4 is 5.19 Å². The lowest BCUT2D eigenvalue weighted by Crippen LogP contribution is -2.15. The van der Waals surface area contributed by atoms with Crippen LogP contribution in [0.15, 0.2) is 30.8 Å². The molecule has 0 atom stereocenters. The quantitative estimate of drug-likeness (QED) is 0.618. The van der Waals surface area contributed by atoms with Crippen LogP contribution in [0.3, 0.4) is 0 Å². The maximum absolute atomic E-state index is 3.73. The molecule has 0 aliphatic carbocycles. The van der Waals surface area contributed by atoms with Gasteiger partial charge >= 0.3 is 0 Å². The van der Waals surface area contributed by atoms with E-state index in [0.717, 1.165) is 5.54 Å². The summed E-state index contributed by atoms with van der Waals surface area (Å²) < 4.78 is 0. The smallest absolute Gasteiger partial charge is 0.0572 e. The minimum Gasteiger partial charge on any atom is -0.0985 e. The zero-order valence-corrected chi connectivity index (χ0v) is 9.29. The summed E-state index contributed by atoms with van der Waals surface area (Å²) in [5, 5.41) is 1.55. The van der Waals surface area contributed by atoms with Crippen molar-refractivity contribution in [1.82, 2.24) is 0 Å². The van der Waals surface area contributed by atoms with Crippen molar-refractivity contribution in [1.29, 1.82) is 0 Å². The highest BCUT2D eigenvalue weighted by Crippen LogP contribution is 2.00. The van der Waals surface area contributed by atoms with Gasteiger partial charge in [0, 0.05) is 0 Å². The third kappa shape index (κ3) is 2.66. The van der Waals surface area contributed by atoms with E-state index in [-0.39, 0.29) is 9.52 Å². The molecular weight excluding hydrogens is 160 g/mol. The van der Waals surface area contributed by atoms with Gasteiger partial charge in [0.25, 0.3) is 0 Å². The summed E-state index contributed by atoms with van der Waals surface area (Å²) in [5.74, 6) is 0. The molecule has 0 aliphatic heterocycles. The first-order chi connectivity index (χ1) is 5.72. The zero-order valence-electron chi connectivity index (χ0n) is 7.88. The Labute approximate surface area is 77.1 Å². The fraction of sp³-hybridized carbons (Fsp3) is 0.273. The molecule has 0 unspecified atom stereocenters. The van der Waals surface area contributed by atoms with Crippen molar-refractivity contribution in [2.75, 3.05) is 0 Å². The van der Waals surface area contributed by atoms with E-state index in [1.165, 1.54) is 5.56 Å². The van der Waals surface area contributed by atoms with Gasteiger partial charge in [0.15, 0.2) is 0 Å². The maximum atomic E-state index is 3.73. The molecule has 0 aliphatic rings. The number of rotatable bonds is 3. The standard InChI is InChI=1S/C11H16Si/c1-4-10-5-7-11(8-6-10)12-9(2)3/h4-9H,1,12H2,2-3H3. The van der Waals surface area contributed by atoms with Gasteiger partial charge in [-0.3, -0.25) is 0 Å². The predicted molar refractivity (Wildman–Crippen MR) is 59.8 cm³/mol. The molecule has 0 bridgehead atoms. The molecule has 0 heterocycles. The van der Waals surface area contributed by atoms with Crippen molar-refractivity contribution in [3.63, 3.8) is 0 Å². The summed E-state index contributed by atoms with van der Waals surface area (Å²) in [4.78, 5) is 0. The molecule has 1 aromatic rings. The van der Waals surface area contributed by atoms with Crippen molar-refractivity contribution >= 4 is 20.8 Å². The predicted octanol–water partition coefficient (Wildman–Crippen LogP) is 1.95. The van der Waals surface area contributed by atoms with Crippen molar-refractivity contribution in [2.45, 2.75) is 19.4 Å². The molecule has 0 aromatic heterocycles. The van der Waals surface area contributed by atoms with Gasteiger partial charge in [-0.25, -0.2) is 0 Å². The molecular formula is C11H16Si. The SMILES string of the molecule is C=Cc1ccc([SiH2]C(C)C)cc1. The Morgan fingerprint density at radius 3 is 2.25 bits per heavy atom. The molecule has 0 saturated heterocycles. The van der Waals surface area contributed by atoms with E-state index < -0.39 is 0 Å². The first-order valence-corrected chi connectivity index (χ1v) is 5.96. The molecule has 0 radical (unpaired) electrons. The van der Waals surface area contributed by atoms with Crippen LogP contribution >= 0.6 is 0 Å². The van der Waals surface area contributed by atoms with Gasteiger partial charge in [-0.15, -0.1) is 0 Å². The highest BCUT2D eigenvalue weighted by atomic mass is 28.2. The van der Waals surface area contributed by atoms with Gasteiger partial charge < -0.3 is 0 Å². The maximum Gasteiger partial charge on any atom is 0.0572 e. The van der Waals surface area contributed by atoms with E-state index in [1.54, 1.807) is 5.19 Å². The van der Waals surface area contributed by atoms with E-state index in [9.17, 15) is 0 Å². The van der Waals surface area contributed by atoms with E-state index >= 15 is 0 Å². The molecule has 1 aromatic carbocycles. The first kappa shape index (κ1) is 9.27. The van der Waals surface area contributed by atoms with Crippen LogP contribution in [0.5, 0.6) is 0 Å². The third-order valence-electron chi connectivity index (χ3n) is 1.86. The van der Waals surface area contributed by atoms with Crippen molar-refractivity contribution in [2.24, 2.45) is 0 Å². The summed E-state index contributed by atoms with van der Waals surface area (Å²) >= 11 is 0. The van der Waals surface area contributed by atoms with Crippen LogP contribution in [0.2, 0.25) is 5.54 Å². The Hall–Kier alpha value is -0.823. The van der Waals surface area contributed by atoms with E-state index in [4.69, 9.17) is 0 Å². The zero-order chi connectivity index (χ0) is 8.97. The van der Waals surface area contributed by atoms with Crippen LogP contribution in [-0.4, -0.2) is 9.52 Å². The Morgan fingerprint density at radius 2 is 1.83 bits per heavy atom. The molecule has 0 saturated carbocycles. The minimum atomic E-state index is -0.0346. The second-order valence-electron chi connectivity index (χ2n) is 3.54. The first-order valence-electron chi connectivity index (χ1n) is 4.43. The molecule has 0 fully saturated rings. The molecule has 0 spiro atoms. The lowest BCUT2D eigenvalue weighted by molar-refractivity contribution is 1.07. The molecule has 12 heavy (non-hydrogen) atoms. The number of benzene rings is 1. The van der Waals surface area contributed by atoms with Gasteiger partial charge in [-0.2, -0.15) is 0 Å². The Balaban J connectivity index is 2.71. The van der Waals surface area contributed by atoms with Gasteiger partial charge in [-0.05, 0) is 5.56 Å². The third-order valence-corrected chi connectivity index (χ3v) is 3.62. The monoisotopic (exact) mass is 176 g/mol. The fourth-order valence-corrected chi connectivity index (χ4v) is 2.71. The van der Waals surface area contributed by atoms with E-state index in [0.29, 0.717) is 0 Å². The van der Waals surface area contributed by atoms with Crippen molar-refractivity contribution < 1.29 is 0 Å². The molecule has 64 valence electrons. The lowest BCUT2D eigenvalue weighted by atomic mass is 10.2. The van der Waals surface area contributed by atoms with Gasteiger partial charge in [0.1, 0.15) is 0 Å². The summed E-state index contributed by atoms with van der Waals surface area (Å²) in [6.07, 6.45) is 1.89. The van der Waals surface area contributed by atoms with Crippen LogP contribution in [0.4, 0.5) is 0 Å². The van der Waals surface area contributed by atoms with Gasteiger partial charge in [0.05, 0.1) is 9.52 Å². The molecule has 0 N–H and O–H groups in total. The van der Waals surface area contributed by atoms with Crippen LogP contribution in [-0.2, 0) is 0 Å². The highest BCUT2D eigenvalue weighted by Gasteiger charge is 1.97. The second-order valence-corrected chi connectivity index (χ2v) is 6.40. The Kier molecular flexibility index (Phi) is 3.29. The summed E-state index contributed by atoms with van der Waals surface area (Å²) in [7, 11) is -0.0346. The largest absolute Gasteiger partial charge is 0.0985 e. The van der Waals surface area contributed by atoms with Crippen LogP contribution in [0.25, 0.3) is 6.08 Å². The summed E-state index contributed by atoms with van der Waals surface area (Å²) in [6.45, 7) is 8.33. The van der Waals surface area contributed by atoms with Crippen LogP contribution in [0.1, 0.15) is 19.4 Å². The number of hydrogen-bond donors (Lipinski definition) is 0. The van der Waals surface area contributed by atoms with Gasteiger partial charge in [0.2, 0.25) is 0 Å². The average Bonchev–Trinajstić information content (AvgIpc) is 2.05. The van der Waals surface area contributed by atoms with E-state index in [2.05, 4.69) is 44.7 Å². The number of hydrogen-bond acceptors (Lipinski definition) is 0. The second kappa shape index (κ2) is 4.26. The topological polar surface area (TPSA) is 0 Å². The minimum absolute atomic E-state index is 0.0346. The highest BCUT2D eigenvalue weighted by molar-refractivity contribution is 6.54. The lowest BCUT2D eigenvalue weighted by Gasteiger charge is -2.03. The molecule has 0 amide bonds. The van der Waals surface area contributed by atoms with Crippen molar-refractivity contribution in [3.8, 4) is 0 Å².